The highest BCUT2D eigenvalue weighted by Gasteiger charge is 2.36. The summed E-state index contributed by atoms with van der Waals surface area (Å²) in [6.45, 7) is 4.10. The number of esters is 1. The first-order chi connectivity index (χ1) is 13.3. The second-order valence-electron chi connectivity index (χ2n) is 7.60. The van der Waals surface area contributed by atoms with E-state index in [9.17, 15) is 9.59 Å². The van der Waals surface area contributed by atoms with Crippen LogP contribution in [0.1, 0.15) is 30.5 Å². The van der Waals surface area contributed by atoms with Gasteiger partial charge in [-0.15, -0.1) is 0 Å². The molecule has 1 amide bonds. The minimum atomic E-state index is -0.763. The molecule has 0 aromatic heterocycles. The highest BCUT2D eigenvalue weighted by Crippen LogP contribution is 2.30. The lowest BCUT2D eigenvalue weighted by Gasteiger charge is -2.38. The van der Waals surface area contributed by atoms with Crippen LogP contribution in [0.25, 0.3) is 0 Å². The molecular weight excluding hydrogens is 376 g/mol. The maximum atomic E-state index is 13.0. The van der Waals surface area contributed by atoms with Gasteiger partial charge in [0.1, 0.15) is 6.04 Å². The number of hydrogen-bond donors (Lipinski definition) is 2. The number of halogens is 1. The Bertz CT molecular complexity index is 864. The van der Waals surface area contributed by atoms with Crippen LogP contribution >= 0.6 is 11.6 Å². The third kappa shape index (κ3) is 4.54. The van der Waals surface area contributed by atoms with Crippen LogP contribution in [0.15, 0.2) is 48.5 Å². The van der Waals surface area contributed by atoms with E-state index in [0.29, 0.717) is 17.9 Å². The number of nitrogens with one attached hydrogen (secondary N) is 2. The highest BCUT2D eigenvalue weighted by atomic mass is 35.5. The van der Waals surface area contributed by atoms with Gasteiger partial charge in [-0.05, 0) is 49.1 Å². The van der Waals surface area contributed by atoms with Crippen LogP contribution < -0.4 is 10.6 Å². The number of ether oxygens (including phenoxy) is 1. The Hall–Kier alpha value is -2.37. The van der Waals surface area contributed by atoms with E-state index >= 15 is 0 Å². The van der Waals surface area contributed by atoms with Gasteiger partial charge in [-0.25, -0.2) is 4.79 Å². The van der Waals surface area contributed by atoms with Crippen molar-refractivity contribution in [1.29, 1.82) is 0 Å². The molecule has 5 nitrogen and oxygen atoms in total. The van der Waals surface area contributed by atoms with Crippen molar-refractivity contribution in [1.82, 2.24) is 10.6 Å². The van der Waals surface area contributed by atoms with Crippen molar-refractivity contribution in [3.8, 4) is 0 Å². The molecule has 2 aromatic rings. The number of carbonyl (C=O) groups is 2. The van der Waals surface area contributed by atoms with Crippen LogP contribution in [0.3, 0.4) is 0 Å². The minimum absolute atomic E-state index is 0.216. The molecule has 148 valence electrons. The van der Waals surface area contributed by atoms with Crippen LogP contribution in [0.2, 0.25) is 5.02 Å². The summed E-state index contributed by atoms with van der Waals surface area (Å²) >= 11 is 5.92. The summed E-state index contributed by atoms with van der Waals surface area (Å²) in [7, 11) is 1.32. The lowest BCUT2D eigenvalue weighted by molar-refractivity contribution is -0.145. The predicted octanol–water partition coefficient (Wildman–Crippen LogP) is 2.99. The van der Waals surface area contributed by atoms with Crippen LogP contribution in [0.5, 0.6) is 0 Å². The van der Waals surface area contributed by atoms with E-state index in [-0.39, 0.29) is 11.4 Å². The van der Waals surface area contributed by atoms with Crippen molar-refractivity contribution in [3.63, 3.8) is 0 Å². The van der Waals surface area contributed by atoms with Crippen LogP contribution in [0.4, 0.5) is 0 Å². The quantitative estimate of drug-likeness (QED) is 0.757. The molecule has 28 heavy (non-hydrogen) atoms. The molecule has 0 spiro atoms. The first-order valence-corrected chi connectivity index (χ1v) is 9.66. The molecule has 1 heterocycles. The zero-order valence-electron chi connectivity index (χ0n) is 16.3. The SMILES string of the molecule is COC(=O)[C@@H](Cc1ccc(Cl)cc1)NC(=O)C1Cc2ccccc2C(C)(C)N1. The molecule has 0 aliphatic carbocycles. The molecule has 2 atom stereocenters. The Morgan fingerprint density at radius 1 is 1.21 bits per heavy atom. The van der Waals surface area contributed by atoms with E-state index in [1.165, 1.54) is 12.7 Å². The Morgan fingerprint density at radius 2 is 1.89 bits per heavy atom. The van der Waals surface area contributed by atoms with Crippen molar-refractivity contribution < 1.29 is 14.3 Å². The van der Waals surface area contributed by atoms with E-state index in [2.05, 4.69) is 30.5 Å². The number of rotatable bonds is 5. The summed E-state index contributed by atoms with van der Waals surface area (Å²) in [5.74, 6) is -0.689. The number of methoxy groups -OCH3 is 1. The number of hydrogen-bond acceptors (Lipinski definition) is 4. The van der Waals surface area contributed by atoms with Crippen molar-refractivity contribution in [2.75, 3.05) is 7.11 Å². The molecule has 0 saturated carbocycles. The summed E-state index contributed by atoms with van der Waals surface area (Å²) in [5.41, 5.74) is 2.87. The third-order valence-corrected chi connectivity index (χ3v) is 5.37. The first-order valence-electron chi connectivity index (χ1n) is 9.29. The lowest BCUT2D eigenvalue weighted by atomic mass is 9.82. The van der Waals surface area contributed by atoms with Gasteiger partial charge in [-0.3, -0.25) is 10.1 Å². The molecule has 2 aromatic carbocycles. The van der Waals surface area contributed by atoms with Gasteiger partial charge in [0.2, 0.25) is 5.91 Å². The van der Waals surface area contributed by atoms with E-state index < -0.39 is 18.1 Å². The van der Waals surface area contributed by atoms with Crippen molar-refractivity contribution >= 4 is 23.5 Å². The fourth-order valence-corrected chi connectivity index (χ4v) is 3.84. The molecule has 1 unspecified atom stereocenters. The third-order valence-electron chi connectivity index (χ3n) is 5.12. The molecular formula is C22H25ClN2O3. The molecule has 0 fully saturated rings. The van der Waals surface area contributed by atoms with Gasteiger partial charge < -0.3 is 10.1 Å². The van der Waals surface area contributed by atoms with E-state index in [1.807, 2.05) is 30.3 Å². The monoisotopic (exact) mass is 400 g/mol. The van der Waals surface area contributed by atoms with Crippen molar-refractivity contribution in [2.24, 2.45) is 0 Å². The lowest BCUT2D eigenvalue weighted by Crippen LogP contribution is -2.58. The van der Waals surface area contributed by atoms with Gasteiger partial charge in [0, 0.05) is 17.0 Å². The van der Waals surface area contributed by atoms with Crippen molar-refractivity contribution in [3.05, 3.63) is 70.2 Å². The van der Waals surface area contributed by atoms with E-state index in [1.54, 1.807) is 12.1 Å². The Kier molecular flexibility index (Phi) is 6.06. The Labute approximate surface area is 170 Å². The number of fused-ring (bicyclic) bond motifs is 1. The van der Waals surface area contributed by atoms with Gasteiger partial charge in [-0.1, -0.05) is 48.0 Å². The largest absolute Gasteiger partial charge is 0.467 e. The van der Waals surface area contributed by atoms with Gasteiger partial charge in [-0.2, -0.15) is 0 Å². The predicted molar refractivity (Wildman–Crippen MR) is 109 cm³/mol. The molecule has 0 bridgehead atoms. The number of amides is 1. The zero-order chi connectivity index (χ0) is 20.3. The molecule has 3 rings (SSSR count). The van der Waals surface area contributed by atoms with Crippen LogP contribution in [0, 0.1) is 0 Å². The van der Waals surface area contributed by atoms with Crippen LogP contribution in [-0.4, -0.2) is 31.1 Å². The van der Waals surface area contributed by atoms with E-state index in [4.69, 9.17) is 16.3 Å². The first kappa shape index (κ1) is 20.4. The molecule has 0 saturated heterocycles. The van der Waals surface area contributed by atoms with Crippen LogP contribution in [-0.2, 0) is 32.7 Å². The average molecular weight is 401 g/mol. The second-order valence-corrected chi connectivity index (χ2v) is 8.03. The molecule has 0 radical (unpaired) electrons. The maximum absolute atomic E-state index is 13.0. The number of carbonyl (C=O) groups excluding carboxylic acids is 2. The normalized spacial score (nSPS) is 18.6. The van der Waals surface area contributed by atoms with Gasteiger partial charge in [0.15, 0.2) is 0 Å². The van der Waals surface area contributed by atoms with E-state index in [0.717, 1.165) is 11.1 Å². The topological polar surface area (TPSA) is 67.4 Å². The van der Waals surface area contributed by atoms with Gasteiger partial charge >= 0.3 is 5.97 Å². The smallest absolute Gasteiger partial charge is 0.328 e. The minimum Gasteiger partial charge on any atom is -0.467 e. The van der Waals surface area contributed by atoms with Crippen molar-refractivity contribution in [2.45, 2.75) is 44.3 Å². The highest BCUT2D eigenvalue weighted by molar-refractivity contribution is 6.30. The fraction of sp³-hybridized carbons (Fsp3) is 0.364. The number of benzene rings is 2. The Balaban J connectivity index is 1.75. The summed E-state index contributed by atoms with van der Waals surface area (Å²) in [4.78, 5) is 25.2. The molecule has 1 aliphatic heterocycles. The summed E-state index contributed by atoms with van der Waals surface area (Å²) in [6.07, 6.45) is 0.905. The Morgan fingerprint density at radius 3 is 2.57 bits per heavy atom. The second kappa shape index (κ2) is 8.33. The molecule has 2 N–H and O–H groups in total. The summed E-state index contributed by atoms with van der Waals surface area (Å²) in [6, 6.07) is 14.1. The molecule has 6 heteroatoms. The van der Waals surface area contributed by atoms with Gasteiger partial charge in [0.05, 0.1) is 13.2 Å². The average Bonchev–Trinajstić information content (AvgIpc) is 2.68. The standard InChI is InChI=1S/C22H25ClN2O3/c1-22(2)17-7-5-4-6-15(17)13-18(25-22)20(26)24-19(21(27)28-3)12-14-8-10-16(23)11-9-14/h4-11,18-19,25H,12-13H2,1-3H3,(H,24,26)/t18?,19-/m1/s1. The van der Waals surface area contributed by atoms with Gasteiger partial charge in [0.25, 0.3) is 0 Å². The maximum Gasteiger partial charge on any atom is 0.328 e. The summed E-state index contributed by atoms with van der Waals surface area (Å²) < 4.78 is 4.89. The fourth-order valence-electron chi connectivity index (χ4n) is 3.71. The summed E-state index contributed by atoms with van der Waals surface area (Å²) in [5, 5.41) is 6.88. The zero-order valence-corrected chi connectivity index (χ0v) is 17.0. The molecule has 1 aliphatic rings.